The molecule has 0 unspecified atom stereocenters. The maximum absolute atomic E-state index is 13.6. The van der Waals surface area contributed by atoms with E-state index in [1.165, 1.54) is 14.0 Å². The molecule has 0 radical (unpaired) electrons. The molecule has 0 saturated heterocycles. The zero-order chi connectivity index (χ0) is 21.6. The lowest BCUT2D eigenvalue weighted by Gasteiger charge is -2.56. The third kappa shape index (κ3) is 3.28. The first kappa shape index (κ1) is 20.8. The minimum atomic E-state index is -0.979. The third-order valence-corrected chi connectivity index (χ3v) is 7.75. The third-order valence-electron chi connectivity index (χ3n) is 7.75. The molecule has 0 bridgehead atoms. The molecule has 0 aliphatic heterocycles. The van der Waals surface area contributed by atoms with Crippen LogP contribution in [0.1, 0.15) is 57.4 Å². The number of ether oxygens (including phenoxy) is 2. The maximum atomic E-state index is 13.6. The van der Waals surface area contributed by atoms with E-state index in [4.69, 9.17) is 13.9 Å². The van der Waals surface area contributed by atoms with Gasteiger partial charge in [0.2, 0.25) is 0 Å². The fourth-order valence-electron chi connectivity index (χ4n) is 6.37. The molecule has 1 aromatic rings. The number of ketones is 2. The van der Waals surface area contributed by atoms with Crippen molar-refractivity contribution in [3.05, 3.63) is 24.2 Å². The van der Waals surface area contributed by atoms with Gasteiger partial charge in [0.15, 0.2) is 11.9 Å². The normalized spacial score (nSPS) is 38.4. The van der Waals surface area contributed by atoms with Crippen LogP contribution < -0.4 is 0 Å². The van der Waals surface area contributed by atoms with Gasteiger partial charge in [0.1, 0.15) is 5.78 Å². The first-order valence-electron chi connectivity index (χ1n) is 10.6. The molecule has 3 aliphatic carbocycles. The van der Waals surface area contributed by atoms with Crippen molar-refractivity contribution < 1.29 is 33.1 Å². The lowest BCUT2D eigenvalue weighted by Crippen LogP contribution is -2.60. The largest absolute Gasteiger partial charge is 0.472 e. The Hall–Kier alpha value is -2.44. The van der Waals surface area contributed by atoms with Crippen molar-refractivity contribution >= 4 is 23.5 Å². The van der Waals surface area contributed by atoms with E-state index in [9.17, 15) is 19.2 Å². The highest BCUT2D eigenvalue weighted by Gasteiger charge is 2.62. The Labute approximate surface area is 175 Å². The van der Waals surface area contributed by atoms with E-state index in [-0.39, 0.29) is 41.7 Å². The van der Waals surface area contributed by atoms with Gasteiger partial charge in [0.05, 0.1) is 25.6 Å². The van der Waals surface area contributed by atoms with Crippen LogP contribution >= 0.6 is 0 Å². The lowest BCUT2D eigenvalue weighted by atomic mass is 9.46. The van der Waals surface area contributed by atoms with Crippen molar-refractivity contribution in [3.8, 4) is 0 Å². The molecule has 7 atom stereocenters. The van der Waals surface area contributed by atoms with Crippen LogP contribution in [0.15, 0.2) is 23.0 Å². The second-order valence-electron chi connectivity index (χ2n) is 9.26. The van der Waals surface area contributed by atoms with E-state index in [0.29, 0.717) is 25.7 Å². The summed E-state index contributed by atoms with van der Waals surface area (Å²) in [6.07, 6.45) is 4.76. The van der Waals surface area contributed by atoms with E-state index in [0.717, 1.165) is 5.56 Å². The number of Topliss-reactive ketones (excluding diaryl/α,β-unsaturated/α-hetero) is 2. The number of hydrogen-bond donors (Lipinski definition) is 0. The monoisotopic (exact) mass is 416 g/mol. The van der Waals surface area contributed by atoms with Gasteiger partial charge in [-0.25, -0.2) is 0 Å². The number of rotatable bonds is 3. The minimum Gasteiger partial charge on any atom is -0.472 e. The van der Waals surface area contributed by atoms with Crippen LogP contribution in [0, 0.1) is 29.1 Å². The SMILES string of the molecule is COC(=O)[C@@H]1C[C@@H](OC(C)=O)C(=O)[C@@H]2[C@H]3C[C@@H](c4ccoc4)CC(=O)[C@@H]3CC[C@]21C. The van der Waals surface area contributed by atoms with Crippen molar-refractivity contribution in [2.45, 2.75) is 58.0 Å². The highest BCUT2D eigenvalue weighted by Crippen LogP contribution is 2.60. The molecule has 3 fully saturated rings. The number of methoxy groups -OCH3 is 1. The van der Waals surface area contributed by atoms with Crippen LogP contribution in [0.3, 0.4) is 0 Å². The Morgan fingerprint density at radius 1 is 1.23 bits per heavy atom. The molecular weight excluding hydrogens is 388 g/mol. The average Bonchev–Trinajstić information content (AvgIpc) is 3.23. The molecule has 162 valence electrons. The Morgan fingerprint density at radius 2 is 2.00 bits per heavy atom. The predicted octanol–water partition coefficient (Wildman–Crippen LogP) is 3.07. The van der Waals surface area contributed by atoms with E-state index in [1.54, 1.807) is 12.5 Å². The van der Waals surface area contributed by atoms with Gasteiger partial charge in [0.25, 0.3) is 0 Å². The van der Waals surface area contributed by atoms with Gasteiger partial charge in [0, 0.05) is 31.6 Å². The summed E-state index contributed by atoms with van der Waals surface area (Å²) in [5.74, 6) is -2.44. The van der Waals surface area contributed by atoms with Crippen molar-refractivity contribution in [2.75, 3.05) is 7.11 Å². The summed E-state index contributed by atoms with van der Waals surface area (Å²) in [6.45, 7) is 3.22. The Bertz CT molecular complexity index is 857. The lowest BCUT2D eigenvalue weighted by molar-refractivity contribution is -0.183. The molecule has 4 rings (SSSR count). The quantitative estimate of drug-likeness (QED) is 0.698. The molecule has 7 nitrogen and oxygen atoms in total. The average molecular weight is 416 g/mol. The fourth-order valence-corrected chi connectivity index (χ4v) is 6.37. The van der Waals surface area contributed by atoms with Crippen molar-refractivity contribution in [1.82, 2.24) is 0 Å². The molecule has 7 heteroatoms. The van der Waals surface area contributed by atoms with Gasteiger partial charge in [-0.15, -0.1) is 0 Å². The van der Waals surface area contributed by atoms with Crippen LogP contribution in [0.25, 0.3) is 0 Å². The molecule has 1 heterocycles. The predicted molar refractivity (Wildman–Crippen MR) is 104 cm³/mol. The van der Waals surface area contributed by atoms with E-state index in [1.807, 2.05) is 13.0 Å². The van der Waals surface area contributed by atoms with Crippen LogP contribution in [0.5, 0.6) is 0 Å². The van der Waals surface area contributed by atoms with Gasteiger partial charge in [-0.1, -0.05) is 6.92 Å². The Morgan fingerprint density at radius 3 is 2.63 bits per heavy atom. The van der Waals surface area contributed by atoms with Gasteiger partial charge < -0.3 is 13.9 Å². The maximum Gasteiger partial charge on any atom is 0.309 e. The number of fused-ring (bicyclic) bond motifs is 3. The number of esters is 2. The van der Waals surface area contributed by atoms with Gasteiger partial charge in [-0.2, -0.15) is 0 Å². The van der Waals surface area contributed by atoms with Crippen molar-refractivity contribution in [3.63, 3.8) is 0 Å². The van der Waals surface area contributed by atoms with Gasteiger partial charge in [-0.05, 0) is 48.1 Å². The first-order chi connectivity index (χ1) is 14.3. The molecule has 1 aromatic heterocycles. The van der Waals surface area contributed by atoms with E-state index < -0.39 is 29.3 Å². The van der Waals surface area contributed by atoms with Gasteiger partial charge in [-0.3, -0.25) is 19.2 Å². The molecule has 0 spiro atoms. The molecule has 3 aliphatic rings. The van der Waals surface area contributed by atoms with E-state index in [2.05, 4.69) is 0 Å². The second-order valence-corrected chi connectivity index (χ2v) is 9.26. The Balaban J connectivity index is 1.73. The van der Waals surface area contributed by atoms with Crippen molar-refractivity contribution in [1.29, 1.82) is 0 Å². The molecule has 30 heavy (non-hydrogen) atoms. The van der Waals surface area contributed by atoms with Crippen LogP contribution in [0.4, 0.5) is 0 Å². The fraction of sp³-hybridized carbons (Fsp3) is 0.652. The standard InChI is InChI=1S/C23H28O7/c1-12(24)30-19-10-17(22(27)28-3)23(2)6-4-15-16(20(23)21(19)26)8-14(9-18(15)25)13-5-7-29-11-13/h5,7,11,14-17,19-20H,4,6,8-10H2,1-3H3/t14-,15-,16+,17+,19-,20+,23+/m1/s1. The number of hydrogen-bond acceptors (Lipinski definition) is 7. The highest BCUT2D eigenvalue weighted by molar-refractivity contribution is 5.93. The highest BCUT2D eigenvalue weighted by atomic mass is 16.5. The number of carbonyl (C=O) groups excluding carboxylic acids is 4. The zero-order valence-electron chi connectivity index (χ0n) is 17.6. The number of carbonyl (C=O) groups is 4. The minimum absolute atomic E-state index is 0.0154. The summed E-state index contributed by atoms with van der Waals surface area (Å²) in [4.78, 5) is 50.9. The van der Waals surface area contributed by atoms with Crippen LogP contribution in [-0.4, -0.2) is 36.7 Å². The van der Waals surface area contributed by atoms with E-state index >= 15 is 0 Å². The first-order valence-corrected chi connectivity index (χ1v) is 10.6. The number of furan rings is 1. The van der Waals surface area contributed by atoms with Gasteiger partial charge >= 0.3 is 11.9 Å². The zero-order valence-corrected chi connectivity index (χ0v) is 17.6. The van der Waals surface area contributed by atoms with Crippen molar-refractivity contribution in [2.24, 2.45) is 29.1 Å². The summed E-state index contributed by atoms with van der Waals surface area (Å²) < 4.78 is 15.6. The second kappa shape index (κ2) is 7.67. The molecule has 0 N–H and O–H groups in total. The summed E-state index contributed by atoms with van der Waals surface area (Å²) in [7, 11) is 1.34. The summed E-state index contributed by atoms with van der Waals surface area (Å²) in [5, 5.41) is 0. The molecule has 0 aromatic carbocycles. The summed E-state index contributed by atoms with van der Waals surface area (Å²) in [6, 6.07) is 1.86. The van der Waals surface area contributed by atoms with Crippen LogP contribution in [0.2, 0.25) is 0 Å². The Kier molecular flexibility index (Phi) is 5.32. The van der Waals surface area contributed by atoms with Crippen LogP contribution in [-0.2, 0) is 28.7 Å². The summed E-state index contributed by atoms with van der Waals surface area (Å²) in [5.41, 5.74) is 0.332. The smallest absolute Gasteiger partial charge is 0.309 e. The topological polar surface area (TPSA) is 99.9 Å². The molecular formula is C23H28O7. The molecule has 0 amide bonds. The molecule has 3 saturated carbocycles. The summed E-state index contributed by atoms with van der Waals surface area (Å²) >= 11 is 0.